The Hall–Kier alpha value is -2.23. The van der Waals surface area contributed by atoms with Gasteiger partial charge < -0.3 is 24.3 Å². The number of hydrogen-bond donors (Lipinski definition) is 2. The molecule has 0 atom stereocenters. The average molecular weight is 434 g/mol. The summed E-state index contributed by atoms with van der Waals surface area (Å²) in [5, 5.41) is 19.4. The zero-order chi connectivity index (χ0) is 22.7. The average Bonchev–Trinajstić information content (AvgIpc) is 2.85. The molecule has 7 nitrogen and oxygen atoms in total. The lowest BCUT2D eigenvalue weighted by Crippen LogP contribution is -2.41. The molecule has 30 heavy (non-hydrogen) atoms. The van der Waals surface area contributed by atoms with Crippen LogP contribution in [-0.4, -0.2) is 52.5 Å². The minimum Gasteiger partial charge on any atom is -0.504 e. The van der Waals surface area contributed by atoms with Crippen LogP contribution < -0.4 is 4.74 Å². The summed E-state index contributed by atoms with van der Waals surface area (Å²) < 4.78 is 17.5. The number of ether oxygens (including phenoxy) is 1. The van der Waals surface area contributed by atoms with Crippen LogP contribution in [0.4, 0.5) is 0 Å². The van der Waals surface area contributed by atoms with E-state index in [0.717, 1.165) is 17.8 Å². The number of aliphatic carboxylic acids is 1. The predicted octanol–water partition coefficient (Wildman–Crippen LogP) is 3.79. The number of carboxylic acid groups (broad SMARTS) is 1. The third-order valence-electron chi connectivity index (χ3n) is 5.10. The lowest BCUT2D eigenvalue weighted by molar-refractivity contribution is -0.131. The van der Waals surface area contributed by atoms with Gasteiger partial charge in [0.25, 0.3) is 0 Å². The molecule has 2 rings (SSSR count). The molecule has 1 saturated heterocycles. The highest BCUT2D eigenvalue weighted by Gasteiger charge is 2.52. The minimum absolute atomic E-state index is 0.0580. The van der Waals surface area contributed by atoms with Crippen molar-refractivity contribution in [3.05, 3.63) is 34.8 Å². The van der Waals surface area contributed by atoms with Crippen molar-refractivity contribution < 1.29 is 33.8 Å². The number of methoxy groups -OCH3 is 1. The number of carbonyl (C=O) groups excluding carboxylic acids is 1. The summed E-state index contributed by atoms with van der Waals surface area (Å²) in [5.74, 6) is -0.689. The predicted molar refractivity (Wildman–Crippen MR) is 119 cm³/mol. The summed E-state index contributed by atoms with van der Waals surface area (Å²) in [6.07, 6.45) is 4.09. The molecule has 1 heterocycles. The van der Waals surface area contributed by atoms with Gasteiger partial charge in [-0.2, -0.15) is 0 Å². The first-order valence-electron chi connectivity index (χ1n) is 9.38. The third-order valence-corrected chi connectivity index (χ3v) is 5.99. The van der Waals surface area contributed by atoms with Crippen molar-refractivity contribution in [3.8, 4) is 11.5 Å². The van der Waals surface area contributed by atoms with E-state index in [0.29, 0.717) is 22.4 Å². The Balaban J connectivity index is 2.52. The Labute approximate surface area is 181 Å². The molecule has 1 aromatic carbocycles. The fourth-order valence-corrected chi connectivity index (χ4v) is 3.33. The van der Waals surface area contributed by atoms with Crippen LogP contribution in [0.5, 0.6) is 11.5 Å². The van der Waals surface area contributed by atoms with Crippen LogP contribution in [0.1, 0.15) is 45.7 Å². The van der Waals surface area contributed by atoms with Gasteiger partial charge in [-0.1, -0.05) is 17.8 Å². The standard InChI is InChI=1S/C21H27BO7S/c1-13(23)30-12-16(22-28-20(2,3)21(4,5)29-22)11-15-9-14(7-8-18(24)25)10-17(27-6)19(15)26/h7-11,26H,12H2,1-6H3,(H,24,25). The first-order chi connectivity index (χ1) is 13.9. The first-order valence-corrected chi connectivity index (χ1v) is 10.4. The molecule has 0 bridgehead atoms. The van der Waals surface area contributed by atoms with Crippen LogP contribution in [0.15, 0.2) is 23.7 Å². The summed E-state index contributed by atoms with van der Waals surface area (Å²) in [7, 11) is 0.707. The molecule has 0 aliphatic carbocycles. The number of carboxylic acids is 1. The van der Waals surface area contributed by atoms with Gasteiger partial charge in [0.05, 0.1) is 18.3 Å². The van der Waals surface area contributed by atoms with Gasteiger partial charge in [-0.05, 0) is 56.9 Å². The Morgan fingerprint density at radius 3 is 2.30 bits per heavy atom. The fraction of sp³-hybridized carbons (Fsp3) is 0.429. The van der Waals surface area contributed by atoms with Crippen LogP contribution in [0.2, 0.25) is 0 Å². The van der Waals surface area contributed by atoms with Crippen LogP contribution in [0.25, 0.3) is 12.2 Å². The molecule has 1 aliphatic rings. The van der Waals surface area contributed by atoms with Gasteiger partial charge in [-0.25, -0.2) is 4.79 Å². The van der Waals surface area contributed by atoms with Gasteiger partial charge in [0.15, 0.2) is 16.6 Å². The van der Waals surface area contributed by atoms with Gasteiger partial charge in [-0.3, -0.25) is 4.79 Å². The summed E-state index contributed by atoms with van der Waals surface area (Å²) in [6, 6.07) is 3.16. The van der Waals surface area contributed by atoms with E-state index in [-0.39, 0.29) is 16.6 Å². The van der Waals surface area contributed by atoms with E-state index in [1.54, 1.807) is 12.1 Å². The summed E-state index contributed by atoms with van der Waals surface area (Å²) in [4.78, 5) is 22.4. The monoisotopic (exact) mass is 434 g/mol. The molecule has 0 radical (unpaired) electrons. The minimum atomic E-state index is -1.09. The lowest BCUT2D eigenvalue weighted by Gasteiger charge is -2.32. The number of thioether (sulfide) groups is 1. The molecule has 2 N–H and O–H groups in total. The molecule has 0 amide bonds. The summed E-state index contributed by atoms with van der Waals surface area (Å²) >= 11 is 1.11. The van der Waals surface area contributed by atoms with Crippen molar-refractivity contribution in [2.24, 2.45) is 0 Å². The Morgan fingerprint density at radius 1 is 1.20 bits per heavy atom. The Morgan fingerprint density at radius 2 is 1.80 bits per heavy atom. The molecule has 1 fully saturated rings. The molecule has 0 saturated carbocycles. The summed E-state index contributed by atoms with van der Waals surface area (Å²) in [5.41, 5.74) is 0.456. The van der Waals surface area contributed by atoms with Gasteiger partial charge >= 0.3 is 13.1 Å². The SMILES string of the molecule is COc1cc(C=CC(=O)O)cc(C=C(CSC(C)=O)B2OC(C)(C)C(C)(C)O2)c1O. The van der Waals surface area contributed by atoms with Crippen molar-refractivity contribution in [1.82, 2.24) is 0 Å². The lowest BCUT2D eigenvalue weighted by atomic mass is 9.78. The van der Waals surface area contributed by atoms with Crippen LogP contribution in [-0.2, 0) is 18.9 Å². The maximum absolute atomic E-state index is 11.6. The van der Waals surface area contributed by atoms with Crippen molar-refractivity contribution in [3.63, 3.8) is 0 Å². The quantitative estimate of drug-likeness (QED) is 0.494. The number of phenols is 1. The van der Waals surface area contributed by atoms with E-state index in [1.807, 2.05) is 27.7 Å². The zero-order valence-corrected chi connectivity index (χ0v) is 18.8. The maximum Gasteiger partial charge on any atom is 0.491 e. The van der Waals surface area contributed by atoms with Gasteiger partial charge in [0.2, 0.25) is 0 Å². The molecule has 0 unspecified atom stereocenters. The molecule has 9 heteroatoms. The second kappa shape index (κ2) is 9.28. The van der Waals surface area contributed by atoms with Crippen LogP contribution in [0, 0.1) is 0 Å². The van der Waals surface area contributed by atoms with Gasteiger partial charge in [0.1, 0.15) is 0 Å². The third kappa shape index (κ3) is 5.68. The van der Waals surface area contributed by atoms with E-state index in [9.17, 15) is 14.7 Å². The zero-order valence-electron chi connectivity index (χ0n) is 18.0. The topological polar surface area (TPSA) is 102 Å². The highest BCUT2D eigenvalue weighted by atomic mass is 32.2. The van der Waals surface area contributed by atoms with E-state index in [2.05, 4.69) is 0 Å². The molecular weight excluding hydrogens is 407 g/mol. The van der Waals surface area contributed by atoms with E-state index in [1.165, 1.54) is 26.2 Å². The second-order valence-corrected chi connectivity index (χ2v) is 9.07. The van der Waals surface area contributed by atoms with E-state index >= 15 is 0 Å². The molecule has 0 aromatic heterocycles. The molecular formula is C21H27BO7S. The van der Waals surface area contributed by atoms with Gasteiger partial charge in [-0.15, -0.1) is 0 Å². The number of rotatable bonds is 7. The highest BCUT2D eigenvalue weighted by Crippen LogP contribution is 2.40. The van der Waals surface area contributed by atoms with Crippen LogP contribution in [0.3, 0.4) is 0 Å². The van der Waals surface area contributed by atoms with Crippen molar-refractivity contribution >= 4 is 42.1 Å². The van der Waals surface area contributed by atoms with Crippen LogP contribution >= 0.6 is 11.8 Å². The second-order valence-electron chi connectivity index (χ2n) is 7.92. The Bertz CT molecular complexity index is 874. The highest BCUT2D eigenvalue weighted by molar-refractivity contribution is 8.13. The fourth-order valence-electron chi connectivity index (χ4n) is 2.74. The molecule has 1 aliphatic heterocycles. The molecule has 1 aromatic rings. The smallest absolute Gasteiger partial charge is 0.491 e. The largest absolute Gasteiger partial charge is 0.504 e. The number of benzene rings is 1. The number of hydrogen-bond acceptors (Lipinski definition) is 7. The molecule has 0 spiro atoms. The van der Waals surface area contributed by atoms with E-state index < -0.39 is 24.3 Å². The van der Waals surface area contributed by atoms with E-state index in [4.69, 9.17) is 19.2 Å². The normalized spacial score (nSPS) is 18.1. The summed E-state index contributed by atoms with van der Waals surface area (Å²) in [6.45, 7) is 9.20. The van der Waals surface area contributed by atoms with Crippen molar-refractivity contribution in [1.29, 1.82) is 0 Å². The van der Waals surface area contributed by atoms with Crippen molar-refractivity contribution in [2.75, 3.05) is 12.9 Å². The maximum atomic E-state index is 11.6. The van der Waals surface area contributed by atoms with Gasteiger partial charge in [0, 0.05) is 24.3 Å². The number of phenolic OH excluding ortho intramolecular Hbond substituents is 1. The number of carbonyl (C=O) groups is 2. The Kier molecular flexibility index (Phi) is 7.44. The number of aromatic hydroxyl groups is 1. The first kappa shape index (κ1) is 24.0. The molecule has 162 valence electrons. The van der Waals surface area contributed by atoms with Crippen molar-refractivity contribution in [2.45, 2.75) is 45.8 Å².